The molecule has 2 heterocycles. The number of fused-ring (bicyclic) bond motifs is 1. The number of ether oxygens (including phenoxy) is 1. The van der Waals surface area contributed by atoms with Crippen LogP contribution in [0, 0.1) is 6.92 Å². The molecule has 1 aromatic carbocycles. The van der Waals surface area contributed by atoms with Crippen LogP contribution in [-0.2, 0) is 0 Å². The van der Waals surface area contributed by atoms with Crippen molar-refractivity contribution in [1.82, 2.24) is 9.97 Å². The molecule has 22 heavy (non-hydrogen) atoms. The first kappa shape index (κ1) is 13.3. The number of hydrogen-bond donors (Lipinski definition) is 0. The van der Waals surface area contributed by atoms with E-state index in [0.717, 1.165) is 35.3 Å². The molecule has 0 saturated heterocycles. The van der Waals surface area contributed by atoms with Gasteiger partial charge in [-0.2, -0.15) is 0 Å². The first-order valence-electron chi connectivity index (χ1n) is 7.78. The third-order valence-electron chi connectivity index (χ3n) is 4.15. The zero-order chi connectivity index (χ0) is 14.9. The fourth-order valence-corrected chi connectivity index (χ4v) is 2.99. The molecule has 4 rings (SSSR count). The van der Waals surface area contributed by atoms with Crippen LogP contribution in [0.4, 0.5) is 0 Å². The summed E-state index contributed by atoms with van der Waals surface area (Å²) in [4.78, 5) is 8.79. The lowest BCUT2D eigenvalue weighted by Crippen LogP contribution is -2.11. The number of rotatable bonds is 3. The quantitative estimate of drug-likeness (QED) is 0.712. The Hall–Kier alpha value is -2.36. The van der Waals surface area contributed by atoms with Crippen molar-refractivity contribution in [3.8, 4) is 17.2 Å². The Kier molecular flexibility index (Phi) is 3.29. The predicted molar refractivity (Wildman–Crippen MR) is 84.9 cm³/mol. The van der Waals surface area contributed by atoms with E-state index in [1.54, 1.807) is 12.4 Å². The highest BCUT2D eigenvalue weighted by Gasteiger charge is 2.20. The van der Waals surface area contributed by atoms with Gasteiger partial charge in [-0.15, -0.1) is 0 Å². The highest BCUT2D eigenvalue weighted by Crippen LogP contribution is 2.33. The van der Waals surface area contributed by atoms with Crippen LogP contribution in [0.15, 0.2) is 41.1 Å². The molecule has 4 nitrogen and oxygen atoms in total. The van der Waals surface area contributed by atoms with Gasteiger partial charge in [-0.3, -0.25) is 4.98 Å². The highest BCUT2D eigenvalue weighted by molar-refractivity contribution is 5.78. The zero-order valence-corrected chi connectivity index (χ0v) is 12.6. The van der Waals surface area contributed by atoms with Gasteiger partial charge < -0.3 is 9.15 Å². The molecule has 0 amide bonds. The zero-order valence-electron chi connectivity index (χ0n) is 12.6. The molecule has 1 saturated carbocycles. The third-order valence-corrected chi connectivity index (χ3v) is 4.15. The molecule has 0 atom stereocenters. The number of aromatic nitrogens is 2. The van der Waals surface area contributed by atoms with Crippen LogP contribution in [0.25, 0.3) is 22.6 Å². The number of oxazole rings is 1. The lowest BCUT2D eigenvalue weighted by atomic mass is 10.2. The van der Waals surface area contributed by atoms with Gasteiger partial charge in [0.25, 0.3) is 0 Å². The van der Waals surface area contributed by atoms with Crippen LogP contribution >= 0.6 is 0 Å². The number of benzene rings is 1. The minimum absolute atomic E-state index is 0.287. The topological polar surface area (TPSA) is 48.2 Å². The maximum atomic E-state index is 6.12. The summed E-state index contributed by atoms with van der Waals surface area (Å²) in [6.45, 7) is 2.05. The van der Waals surface area contributed by atoms with Crippen molar-refractivity contribution in [2.45, 2.75) is 38.7 Å². The number of aryl methyl sites for hydroxylation is 1. The Morgan fingerprint density at radius 1 is 1.18 bits per heavy atom. The lowest BCUT2D eigenvalue weighted by molar-refractivity contribution is 0.210. The molecule has 0 unspecified atom stereocenters. The van der Waals surface area contributed by atoms with Gasteiger partial charge in [0.1, 0.15) is 5.52 Å². The number of hydrogen-bond acceptors (Lipinski definition) is 4. The smallest absolute Gasteiger partial charge is 0.231 e. The minimum Gasteiger partial charge on any atom is -0.488 e. The van der Waals surface area contributed by atoms with Crippen LogP contribution in [0.3, 0.4) is 0 Å². The standard InChI is InChI=1S/C18H18N2O2/c1-12-6-7-16-15(10-12)20-18(22-16)14-8-9-19-11-17(14)21-13-4-2-3-5-13/h6-11,13H,2-5H2,1H3. The molecule has 0 spiro atoms. The van der Waals surface area contributed by atoms with Gasteiger partial charge in [0, 0.05) is 6.20 Å². The molecule has 112 valence electrons. The van der Waals surface area contributed by atoms with Gasteiger partial charge in [0.05, 0.1) is 17.9 Å². The minimum atomic E-state index is 0.287. The van der Waals surface area contributed by atoms with Gasteiger partial charge in [0.2, 0.25) is 5.89 Å². The summed E-state index contributed by atoms with van der Waals surface area (Å²) < 4.78 is 12.0. The molecule has 4 heteroatoms. The Morgan fingerprint density at radius 3 is 2.91 bits per heavy atom. The van der Waals surface area contributed by atoms with Crippen molar-refractivity contribution >= 4 is 11.1 Å². The normalized spacial score (nSPS) is 15.5. The van der Waals surface area contributed by atoms with Gasteiger partial charge in [-0.1, -0.05) is 6.07 Å². The predicted octanol–water partition coefficient (Wildman–Crippen LogP) is 4.52. The van der Waals surface area contributed by atoms with Crippen molar-refractivity contribution < 1.29 is 9.15 Å². The summed E-state index contributed by atoms with van der Waals surface area (Å²) in [6.07, 6.45) is 8.49. The molecule has 1 aliphatic rings. The van der Waals surface area contributed by atoms with Crippen LogP contribution in [0.2, 0.25) is 0 Å². The average molecular weight is 294 g/mol. The summed E-state index contributed by atoms with van der Waals surface area (Å²) in [5.41, 5.74) is 3.71. The molecule has 0 radical (unpaired) electrons. The van der Waals surface area contributed by atoms with Gasteiger partial charge >= 0.3 is 0 Å². The fraction of sp³-hybridized carbons (Fsp3) is 0.333. The van der Waals surface area contributed by atoms with Gasteiger partial charge in [-0.05, 0) is 56.4 Å². The monoisotopic (exact) mass is 294 g/mol. The highest BCUT2D eigenvalue weighted by atomic mass is 16.5. The van der Waals surface area contributed by atoms with E-state index in [2.05, 4.69) is 16.9 Å². The Bertz CT molecular complexity index is 804. The number of nitrogens with zero attached hydrogens (tertiary/aromatic N) is 2. The van der Waals surface area contributed by atoms with Gasteiger partial charge in [-0.25, -0.2) is 4.98 Å². The second kappa shape index (κ2) is 5.44. The third kappa shape index (κ3) is 2.45. The van der Waals surface area contributed by atoms with Crippen molar-refractivity contribution in [3.05, 3.63) is 42.2 Å². The van der Waals surface area contributed by atoms with Crippen LogP contribution < -0.4 is 4.74 Å². The average Bonchev–Trinajstić information content (AvgIpc) is 3.16. The van der Waals surface area contributed by atoms with Crippen LogP contribution in [0.5, 0.6) is 5.75 Å². The SMILES string of the molecule is Cc1ccc2oc(-c3ccncc3OC3CCCC3)nc2c1. The van der Waals surface area contributed by atoms with E-state index in [1.165, 1.54) is 18.4 Å². The summed E-state index contributed by atoms with van der Waals surface area (Å²) >= 11 is 0. The summed E-state index contributed by atoms with van der Waals surface area (Å²) in [5.74, 6) is 1.36. The van der Waals surface area contributed by atoms with Crippen LogP contribution in [-0.4, -0.2) is 16.1 Å². The van der Waals surface area contributed by atoms with Crippen molar-refractivity contribution in [2.75, 3.05) is 0 Å². The molecular weight excluding hydrogens is 276 g/mol. The fourth-order valence-electron chi connectivity index (χ4n) is 2.99. The molecule has 0 bridgehead atoms. The Labute approximate surface area is 129 Å². The van der Waals surface area contributed by atoms with E-state index in [4.69, 9.17) is 9.15 Å². The van der Waals surface area contributed by atoms with E-state index in [-0.39, 0.29) is 6.10 Å². The summed E-state index contributed by atoms with van der Waals surface area (Å²) in [5, 5.41) is 0. The largest absolute Gasteiger partial charge is 0.488 e. The Balaban J connectivity index is 1.73. The molecule has 1 fully saturated rings. The number of pyridine rings is 1. The first-order valence-corrected chi connectivity index (χ1v) is 7.78. The summed E-state index contributed by atoms with van der Waals surface area (Å²) in [7, 11) is 0. The van der Waals surface area contributed by atoms with E-state index in [9.17, 15) is 0 Å². The maximum absolute atomic E-state index is 6.12. The van der Waals surface area contributed by atoms with E-state index >= 15 is 0 Å². The molecular formula is C18H18N2O2. The van der Waals surface area contributed by atoms with Crippen molar-refractivity contribution in [3.63, 3.8) is 0 Å². The molecule has 0 N–H and O–H groups in total. The van der Waals surface area contributed by atoms with Crippen LogP contribution in [0.1, 0.15) is 31.2 Å². The first-order chi connectivity index (χ1) is 10.8. The lowest BCUT2D eigenvalue weighted by Gasteiger charge is -2.14. The van der Waals surface area contributed by atoms with E-state index in [0.29, 0.717) is 5.89 Å². The molecule has 3 aromatic rings. The second-order valence-electron chi connectivity index (χ2n) is 5.89. The van der Waals surface area contributed by atoms with Gasteiger partial charge in [0.15, 0.2) is 11.3 Å². The maximum Gasteiger partial charge on any atom is 0.231 e. The molecule has 2 aromatic heterocycles. The van der Waals surface area contributed by atoms with E-state index in [1.807, 2.05) is 24.3 Å². The van der Waals surface area contributed by atoms with Crippen molar-refractivity contribution in [1.29, 1.82) is 0 Å². The Morgan fingerprint density at radius 2 is 2.05 bits per heavy atom. The summed E-state index contributed by atoms with van der Waals surface area (Å²) in [6, 6.07) is 7.92. The van der Waals surface area contributed by atoms with E-state index < -0.39 is 0 Å². The van der Waals surface area contributed by atoms with Crippen molar-refractivity contribution in [2.24, 2.45) is 0 Å². The second-order valence-corrected chi connectivity index (χ2v) is 5.89. The molecule has 0 aliphatic heterocycles. The molecule has 1 aliphatic carbocycles.